The first-order valence-electron chi connectivity index (χ1n) is 11.4. The highest BCUT2D eigenvalue weighted by Gasteiger charge is 2.25. The van der Waals surface area contributed by atoms with Gasteiger partial charge in [0, 0.05) is 11.1 Å². The molecule has 3 aromatic rings. The summed E-state index contributed by atoms with van der Waals surface area (Å²) >= 11 is 0. The third kappa shape index (κ3) is 5.33. The number of carboxylic acids is 1. The number of halogens is 1. The topological polar surface area (TPSA) is 65.0 Å². The Bertz CT molecular complexity index is 1190. The van der Waals surface area contributed by atoms with Crippen LogP contribution in [0.15, 0.2) is 54.6 Å². The second kappa shape index (κ2) is 10.2. The van der Waals surface area contributed by atoms with Gasteiger partial charge in [0.25, 0.3) is 0 Å². The highest BCUT2D eigenvalue weighted by molar-refractivity contribution is 5.73. The summed E-state index contributed by atoms with van der Waals surface area (Å²) in [6.45, 7) is 4.15. The number of benzene rings is 3. The van der Waals surface area contributed by atoms with Crippen LogP contribution in [0.25, 0.3) is 11.1 Å². The fourth-order valence-corrected chi connectivity index (χ4v) is 4.41. The molecule has 1 aliphatic rings. The summed E-state index contributed by atoms with van der Waals surface area (Å²) < 4.78 is 31.9. The molecule has 4 rings (SSSR count). The van der Waals surface area contributed by atoms with Gasteiger partial charge >= 0.3 is 5.97 Å². The molecule has 0 unspecified atom stereocenters. The van der Waals surface area contributed by atoms with Crippen molar-refractivity contribution >= 4 is 5.97 Å². The van der Waals surface area contributed by atoms with Crippen LogP contribution >= 0.6 is 0 Å². The Balaban J connectivity index is 1.56. The van der Waals surface area contributed by atoms with Crippen LogP contribution in [0.5, 0.6) is 17.2 Å². The number of aliphatic carboxylic acids is 1. The SMILES string of the molecule is COc1ccc(F)c(-c2ccc(COc3ccc4c(c3)[C@@H](CC(=O)O)CC4)cc2OC(C)C)c1. The number of carbonyl (C=O) groups is 1. The second-order valence-electron chi connectivity index (χ2n) is 8.83. The molecule has 3 aromatic carbocycles. The van der Waals surface area contributed by atoms with Crippen LogP contribution in [0.4, 0.5) is 4.39 Å². The van der Waals surface area contributed by atoms with Gasteiger partial charge in [-0.05, 0) is 85.7 Å². The van der Waals surface area contributed by atoms with Gasteiger partial charge < -0.3 is 19.3 Å². The Morgan fingerprint density at radius 3 is 2.59 bits per heavy atom. The van der Waals surface area contributed by atoms with E-state index in [4.69, 9.17) is 14.2 Å². The van der Waals surface area contributed by atoms with Crippen molar-refractivity contribution in [3.8, 4) is 28.4 Å². The van der Waals surface area contributed by atoms with Crippen molar-refractivity contribution in [3.05, 3.63) is 77.1 Å². The average molecular weight is 465 g/mol. The zero-order chi connectivity index (χ0) is 24.2. The van der Waals surface area contributed by atoms with E-state index in [2.05, 4.69) is 0 Å². The third-order valence-electron chi connectivity index (χ3n) is 6.02. The summed E-state index contributed by atoms with van der Waals surface area (Å²) in [6.07, 6.45) is 1.79. The van der Waals surface area contributed by atoms with Crippen molar-refractivity contribution < 1.29 is 28.5 Å². The van der Waals surface area contributed by atoms with Gasteiger partial charge in [-0.3, -0.25) is 4.79 Å². The monoisotopic (exact) mass is 464 g/mol. The molecule has 0 aliphatic heterocycles. The van der Waals surface area contributed by atoms with Crippen LogP contribution < -0.4 is 14.2 Å². The molecule has 34 heavy (non-hydrogen) atoms. The summed E-state index contributed by atoms with van der Waals surface area (Å²) in [5.41, 5.74) is 4.18. The molecule has 0 amide bonds. The number of fused-ring (bicyclic) bond motifs is 1. The minimum absolute atomic E-state index is 0.0270. The number of hydrogen-bond donors (Lipinski definition) is 1. The molecule has 0 aromatic heterocycles. The lowest BCUT2D eigenvalue weighted by Gasteiger charge is -2.17. The van der Waals surface area contributed by atoms with Gasteiger partial charge in [-0.25, -0.2) is 4.39 Å². The molecule has 178 valence electrons. The molecule has 0 saturated heterocycles. The quantitative estimate of drug-likeness (QED) is 0.399. The summed E-state index contributed by atoms with van der Waals surface area (Å²) in [7, 11) is 1.55. The van der Waals surface area contributed by atoms with Gasteiger partial charge in [0.05, 0.1) is 19.6 Å². The fraction of sp³-hybridized carbons (Fsp3) is 0.321. The molecule has 0 spiro atoms. The van der Waals surface area contributed by atoms with Gasteiger partial charge in [-0.2, -0.15) is 0 Å². The Labute approximate surface area is 199 Å². The lowest BCUT2D eigenvalue weighted by molar-refractivity contribution is -0.137. The zero-order valence-corrected chi connectivity index (χ0v) is 19.6. The maximum Gasteiger partial charge on any atom is 0.303 e. The Hall–Kier alpha value is -3.54. The first-order valence-corrected chi connectivity index (χ1v) is 11.4. The first kappa shape index (κ1) is 23.6. The number of rotatable bonds is 9. The Morgan fingerprint density at radius 2 is 1.85 bits per heavy atom. The van der Waals surface area contributed by atoms with Crippen molar-refractivity contribution in [2.45, 2.75) is 51.7 Å². The molecule has 0 heterocycles. The second-order valence-corrected chi connectivity index (χ2v) is 8.83. The van der Waals surface area contributed by atoms with E-state index in [1.165, 1.54) is 11.6 Å². The maximum absolute atomic E-state index is 14.6. The summed E-state index contributed by atoms with van der Waals surface area (Å²) in [6, 6.07) is 16.1. The molecular weight excluding hydrogens is 435 g/mol. The minimum atomic E-state index is -0.783. The number of methoxy groups -OCH3 is 1. The largest absolute Gasteiger partial charge is 0.497 e. The van der Waals surface area contributed by atoms with Gasteiger partial charge in [-0.15, -0.1) is 0 Å². The predicted octanol–water partition coefficient (Wildman–Crippen LogP) is 6.37. The van der Waals surface area contributed by atoms with Gasteiger partial charge in [0.15, 0.2) is 0 Å². The lowest BCUT2D eigenvalue weighted by atomic mass is 9.98. The van der Waals surface area contributed by atoms with Crippen LogP contribution in [-0.2, 0) is 17.8 Å². The molecule has 1 aliphatic carbocycles. The Kier molecular flexibility index (Phi) is 7.06. The van der Waals surface area contributed by atoms with Crippen LogP contribution in [-0.4, -0.2) is 24.3 Å². The normalized spacial score (nSPS) is 14.7. The minimum Gasteiger partial charge on any atom is -0.497 e. The van der Waals surface area contributed by atoms with Crippen LogP contribution in [0.3, 0.4) is 0 Å². The molecule has 1 N–H and O–H groups in total. The van der Waals surface area contributed by atoms with Crippen LogP contribution in [0.2, 0.25) is 0 Å². The summed E-state index contributed by atoms with van der Waals surface area (Å²) in [5.74, 6) is 0.724. The van der Waals surface area contributed by atoms with Crippen LogP contribution in [0, 0.1) is 5.82 Å². The van der Waals surface area contributed by atoms with Crippen molar-refractivity contribution in [1.29, 1.82) is 0 Å². The van der Waals surface area contributed by atoms with Gasteiger partial charge in [-0.1, -0.05) is 18.2 Å². The maximum atomic E-state index is 14.6. The smallest absolute Gasteiger partial charge is 0.303 e. The zero-order valence-electron chi connectivity index (χ0n) is 19.6. The molecule has 0 saturated carbocycles. The van der Waals surface area contributed by atoms with E-state index in [-0.39, 0.29) is 24.3 Å². The number of hydrogen-bond acceptors (Lipinski definition) is 4. The predicted molar refractivity (Wildman–Crippen MR) is 128 cm³/mol. The number of ether oxygens (including phenoxy) is 3. The van der Waals surface area contributed by atoms with Crippen molar-refractivity contribution in [3.63, 3.8) is 0 Å². The van der Waals surface area contributed by atoms with E-state index < -0.39 is 5.97 Å². The van der Waals surface area contributed by atoms with Gasteiger partial charge in [0.2, 0.25) is 0 Å². The standard InChI is InChI=1S/C28H29FO5/c1-17(2)34-27-12-18(4-10-23(27)25-14-21(32-3)9-11-26(25)29)16-33-22-8-7-19-5-6-20(13-28(30)31)24(19)15-22/h4,7-12,14-15,17,20H,5-6,13,16H2,1-3H3,(H,30,31)/t20-/m1/s1. The Morgan fingerprint density at radius 1 is 1.06 bits per heavy atom. The summed E-state index contributed by atoms with van der Waals surface area (Å²) in [5, 5.41) is 9.19. The number of aryl methyl sites for hydroxylation is 1. The van der Waals surface area contributed by atoms with Crippen molar-refractivity contribution in [2.24, 2.45) is 0 Å². The molecule has 0 fully saturated rings. The molecule has 0 radical (unpaired) electrons. The fourth-order valence-electron chi connectivity index (χ4n) is 4.41. The van der Waals surface area contributed by atoms with E-state index >= 15 is 0 Å². The lowest BCUT2D eigenvalue weighted by Crippen LogP contribution is -2.08. The van der Waals surface area contributed by atoms with E-state index in [9.17, 15) is 14.3 Å². The average Bonchev–Trinajstić information content (AvgIpc) is 3.19. The van der Waals surface area contributed by atoms with Crippen molar-refractivity contribution in [2.75, 3.05) is 7.11 Å². The molecule has 0 bridgehead atoms. The molecule has 6 heteroatoms. The van der Waals surface area contributed by atoms with E-state index in [0.717, 1.165) is 24.0 Å². The molecular formula is C28H29FO5. The highest BCUT2D eigenvalue weighted by atomic mass is 19.1. The first-order chi connectivity index (χ1) is 16.3. The third-order valence-corrected chi connectivity index (χ3v) is 6.02. The van der Waals surface area contributed by atoms with Gasteiger partial charge in [0.1, 0.15) is 29.7 Å². The van der Waals surface area contributed by atoms with E-state index in [1.54, 1.807) is 19.2 Å². The molecule has 5 nitrogen and oxygen atoms in total. The van der Waals surface area contributed by atoms with E-state index in [1.807, 2.05) is 50.2 Å². The van der Waals surface area contributed by atoms with Crippen molar-refractivity contribution in [1.82, 2.24) is 0 Å². The number of carboxylic acid groups (broad SMARTS) is 1. The van der Waals surface area contributed by atoms with Crippen LogP contribution in [0.1, 0.15) is 49.3 Å². The molecule has 1 atom stereocenters. The highest BCUT2D eigenvalue weighted by Crippen LogP contribution is 2.38. The summed E-state index contributed by atoms with van der Waals surface area (Å²) in [4.78, 5) is 11.2. The van der Waals surface area contributed by atoms with E-state index in [0.29, 0.717) is 35.0 Å².